The third-order valence-electron chi connectivity index (χ3n) is 8.61. The van der Waals surface area contributed by atoms with E-state index in [9.17, 15) is 13.9 Å². The molecule has 3 aliphatic rings. The third kappa shape index (κ3) is 2.91. The van der Waals surface area contributed by atoms with E-state index in [1.807, 2.05) is 18.2 Å². The van der Waals surface area contributed by atoms with Crippen LogP contribution in [0.1, 0.15) is 55.4 Å². The second-order valence-corrected chi connectivity index (χ2v) is 10.8. The fraction of sp³-hybridized carbons (Fsp3) is 0.370. The number of aliphatic hydroxyl groups is 1. The smallest absolute Gasteiger partial charge is 0.187 e. The summed E-state index contributed by atoms with van der Waals surface area (Å²) in [5, 5.41) is 26.5. The number of halogens is 2. The van der Waals surface area contributed by atoms with Crippen molar-refractivity contribution in [1.29, 1.82) is 0 Å². The number of rotatable bonds is 4. The van der Waals surface area contributed by atoms with Crippen molar-refractivity contribution in [3.63, 3.8) is 0 Å². The molecule has 2 N–H and O–H groups in total. The number of pyridine rings is 1. The highest BCUT2D eigenvalue weighted by Gasteiger charge is 2.65. The predicted molar refractivity (Wildman–Crippen MR) is 128 cm³/mol. The van der Waals surface area contributed by atoms with Crippen molar-refractivity contribution < 1.29 is 18.6 Å². The van der Waals surface area contributed by atoms with Crippen LogP contribution in [0.3, 0.4) is 0 Å². The summed E-state index contributed by atoms with van der Waals surface area (Å²) in [5.41, 5.74) is 1.27. The molecule has 8 nitrogen and oxygen atoms in total. The van der Waals surface area contributed by atoms with Crippen molar-refractivity contribution in [2.75, 3.05) is 13.2 Å². The first-order chi connectivity index (χ1) is 17.7. The van der Waals surface area contributed by atoms with Gasteiger partial charge in [-0.2, -0.15) is 10.2 Å². The van der Waals surface area contributed by atoms with Gasteiger partial charge in [0, 0.05) is 0 Å². The van der Waals surface area contributed by atoms with Gasteiger partial charge in [-0.3, -0.25) is 5.10 Å². The van der Waals surface area contributed by atoms with Gasteiger partial charge in [-0.05, 0) is 60.1 Å². The van der Waals surface area contributed by atoms with Crippen LogP contribution >= 0.6 is 0 Å². The van der Waals surface area contributed by atoms with E-state index in [4.69, 9.17) is 9.72 Å². The van der Waals surface area contributed by atoms with E-state index in [0.717, 1.165) is 29.8 Å². The van der Waals surface area contributed by atoms with Crippen LogP contribution in [-0.2, 0) is 15.8 Å². The van der Waals surface area contributed by atoms with Gasteiger partial charge in [0.15, 0.2) is 17.2 Å². The number of nitrogens with zero attached hydrogens (tertiary/aromatic N) is 5. The molecule has 10 heteroatoms. The fourth-order valence-electron chi connectivity index (χ4n) is 6.57. The van der Waals surface area contributed by atoms with Crippen LogP contribution in [-0.4, -0.2) is 48.7 Å². The molecular weight excluding hydrogens is 478 g/mol. The van der Waals surface area contributed by atoms with E-state index in [1.165, 1.54) is 18.2 Å². The molecule has 3 aromatic heterocycles. The van der Waals surface area contributed by atoms with Crippen LogP contribution in [0, 0.1) is 17.0 Å². The molecule has 2 aliphatic carbocycles. The lowest BCUT2D eigenvalue weighted by molar-refractivity contribution is -0.189. The lowest BCUT2D eigenvalue weighted by Crippen LogP contribution is -2.47. The lowest BCUT2D eigenvalue weighted by Gasteiger charge is -2.37. The molecule has 0 radical (unpaired) electrons. The fourth-order valence-corrected chi connectivity index (χ4v) is 6.57. The number of ether oxygens (including phenoxy) is 1. The molecule has 2 atom stereocenters. The number of nitrogens with one attached hydrogen (secondary N) is 1. The molecule has 2 bridgehead atoms. The van der Waals surface area contributed by atoms with E-state index in [2.05, 4.69) is 39.2 Å². The first-order valence-corrected chi connectivity index (χ1v) is 12.3. The Labute approximate surface area is 211 Å². The second-order valence-electron chi connectivity index (χ2n) is 10.8. The predicted octanol–water partition coefficient (Wildman–Crippen LogP) is 4.02. The van der Waals surface area contributed by atoms with Crippen LogP contribution in [0.15, 0.2) is 42.5 Å². The Morgan fingerprint density at radius 2 is 1.76 bits per heavy atom. The summed E-state index contributed by atoms with van der Waals surface area (Å²) in [6.07, 6.45) is 1.73. The summed E-state index contributed by atoms with van der Waals surface area (Å²) in [4.78, 5) is 9.49. The average molecular weight is 503 g/mol. The molecular formula is C27H24F2N6O2. The topological polar surface area (TPSA) is 110 Å². The van der Waals surface area contributed by atoms with Gasteiger partial charge in [0.1, 0.15) is 17.3 Å². The lowest BCUT2D eigenvalue weighted by atomic mass is 9.66. The monoisotopic (exact) mass is 502 g/mol. The van der Waals surface area contributed by atoms with Gasteiger partial charge in [0.05, 0.1) is 41.3 Å². The van der Waals surface area contributed by atoms with Gasteiger partial charge in [-0.1, -0.05) is 26.0 Å². The molecule has 37 heavy (non-hydrogen) atoms. The quantitative estimate of drug-likeness (QED) is 0.434. The first-order valence-electron chi connectivity index (χ1n) is 12.3. The average Bonchev–Trinajstić information content (AvgIpc) is 3.51. The van der Waals surface area contributed by atoms with E-state index in [1.54, 1.807) is 6.07 Å². The zero-order valence-corrected chi connectivity index (χ0v) is 20.3. The number of hydrogen-bond donors (Lipinski definition) is 2. The molecule has 1 saturated carbocycles. The van der Waals surface area contributed by atoms with Gasteiger partial charge in [-0.15, -0.1) is 5.10 Å². The number of aromatic amines is 1. The van der Waals surface area contributed by atoms with Crippen LogP contribution < -0.4 is 0 Å². The maximum absolute atomic E-state index is 14.5. The molecule has 1 saturated heterocycles. The minimum Gasteiger partial charge on any atom is -0.377 e. The van der Waals surface area contributed by atoms with Gasteiger partial charge < -0.3 is 9.84 Å². The number of fused-ring (bicyclic) bond motifs is 5. The van der Waals surface area contributed by atoms with Crippen LogP contribution in [0.25, 0.3) is 22.8 Å². The van der Waals surface area contributed by atoms with Crippen molar-refractivity contribution in [3.05, 3.63) is 76.9 Å². The summed E-state index contributed by atoms with van der Waals surface area (Å²) < 4.78 is 34.2. The van der Waals surface area contributed by atoms with Crippen molar-refractivity contribution in [2.24, 2.45) is 5.41 Å². The maximum Gasteiger partial charge on any atom is 0.187 e. The highest BCUT2D eigenvalue weighted by Crippen LogP contribution is 2.69. The Kier molecular flexibility index (Phi) is 4.54. The molecule has 1 aliphatic heterocycles. The Morgan fingerprint density at radius 1 is 1.00 bits per heavy atom. The summed E-state index contributed by atoms with van der Waals surface area (Å²) in [6.45, 7) is 4.71. The maximum atomic E-state index is 14.5. The Balaban J connectivity index is 1.33. The molecule has 0 unspecified atom stereocenters. The number of aromatic nitrogens is 6. The molecule has 188 valence electrons. The first kappa shape index (κ1) is 22.6. The van der Waals surface area contributed by atoms with Crippen molar-refractivity contribution in [1.82, 2.24) is 30.4 Å². The summed E-state index contributed by atoms with van der Waals surface area (Å²) in [7, 11) is 0. The molecule has 1 aromatic carbocycles. The Bertz CT molecular complexity index is 1550. The SMILES string of the molecule is CC1(C)[C@H]2CC[C@]1(c1cccc(-c3nc(C4(O)COC4)n[nH]3)n1)c1nnc(-c3c(F)cccc3F)cc12. The van der Waals surface area contributed by atoms with E-state index in [0.29, 0.717) is 11.5 Å². The molecule has 0 amide bonds. The highest BCUT2D eigenvalue weighted by molar-refractivity contribution is 5.64. The Morgan fingerprint density at radius 3 is 2.49 bits per heavy atom. The van der Waals surface area contributed by atoms with Gasteiger partial charge in [-0.25, -0.2) is 18.7 Å². The largest absolute Gasteiger partial charge is 0.377 e. The minimum absolute atomic E-state index is 0.141. The molecule has 7 rings (SSSR count). The molecule has 0 spiro atoms. The van der Waals surface area contributed by atoms with E-state index >= 15 is 0 Å². The van der Waals surface area contributed by atoms with Crippen LogP contribution in [0.5, 0.6) is 0 Å². The van der Waals surface area contributed by atoms with Gasteiger partial charge in [0.25, 0.3) is 0 Å². The number of H-pyrrole nitrogens is 1. The minimum atomic E-state index is -1.18. The number of hydrogen-bond acceptors (Lipinski definition) is 7. The third-order valence-corrected chi connectivity index (χ3v) is 8.61. The summed E-state index contributed by atoms with van der Waals surface area (Å²) >= 11 is 0. The highest BCUT2D eigenvalue weighted by atomic mass is 19.1. The van der Waals surface area contributed by atoms with Gasteiger partial charge >= 0.3 is 0 Å². The second kappa shape index (κ2) is 7.45. The summed E-state index contributed by atoms with van der Waals surface area (Å²) in [6, 6.07) is 11.3. The van der Waals surface area contributed by atoms with Crippen LogP contribution in [0.4, 0.5) is 8.78 Å². The zero-order chi connectivity index (χ0) is 25.6. The normalized spacial score (nSPS) is 24.6. The standard InChI is InChI=1S/C27H24F2N6O2/c1-25(2)15-9-10-27(25,22-14(15)11-19(32-33-22)21-16(28)5-3-6-17(21)29)20-8-4-7-18(30-20)23-31-24(35-34-23)26(36)12-37-13-26/h3-8,11,15,36H,9-10,12-13H2,1-2H3,(H,31,34,35)/t15-,27-/m0/s1. The molecule has 4 heterocycles. The van der Waals surface area contributed by atoms with E-state index in [-0.39, 0.29) is 41.6 Å². The van der Waals surface area contributed by atoms with Crippen LogP contribution in [0.2, 0.25) is 0 Å². The van der Waals surface area contributed by atoms with Crippen molar-refractivity contribution in [2.45, 2.75) is 43.6 Å². The molecule has 4 aromatic rings. The zero-order valence-electron chi connectivity index (χ0n) is 20.3. The van der Waals surface area contributed by atoms with Gasteiger partial charge in [0.2, 0.25) is 0 Å². The van der Waals surface area contributed by atoms with Crippen molar-refractivity contribution in [3.8, 4) is 22.8 Å². The Hall–Kier alpha value is -3.63. The van der Waals surface area contributed by atoms with E-state index < -0.39 is 22.7 Å². The van der Waals surface area contributed by atoms with Crippen molar-refractivity contribution >= 4 is 0 Å². The summed E-state index contributed by atoms with van der Waals surface area (Å²) in [5.74, 6) is -0.446. The molecule has 2 fully saturated rings. The number of benzene rings is 1.